The van der Waals surface area contributed by atoms with Crippen LogP contribution in [0.5, 0.6) is 11.5 Å². The maximum atomic E-state index is 13.7. The van der Waals surface area contributed by atoms with Gasteiger partial charge in [-0.15, -0.1) is 12.8 Å². The quantitative estimate of drug-likeness (QED) is 0.151. The molecule has 0 aliphatic carbocycles. The summed E-state index contributed by atoms with van der Waals surface area (Å²) >= 11 is 0. The maximum absolute atomic E-state index is 13.7. The van der Waals surface area contributed by atoms with Gasteiger partial charge in [-0.05, 0) is 71.8 Å². The minimum atomic E-state index is -0.177. The normalized spacial score (nSPS) is 14.8. The summed E-state index contributed by atoms with van der Waals surface area (Å²) in [5, 5.41) is 0. The van der Waals surface area contributed by atoms with Crippen LogP contribution < -0.4 is 19.3 Å². The van der Waals surface area contributed by atoms with Gasteiger partial charge in [0.1, 0.15) is 36.1 Å². The van der Waals surface area contributed by atoms with Crippen LogP contribution >= 0.6 is 0 Å². The third kappa shape index (κ3) is 6.47. The van der Waals surface area contributed by atoms with Gasteiger partial charge in [0.2, 0.25) is 0 Å². The highest BCUT2D eigenvalue weighted by Crippen LogP contribution is 2.34. The fourth-order valence-corrected chi connectivity index (χ4v) is 5.91. The molecule has 0 aromatic heterocycles. The third-order valence-electron chi connectivity index (χ3n) is 8.30. The topological polar surface area (TPSA) is 83.8 Å². The summed E-state index contributed by atoms with van der Waals surface area (Å²) in [7, 11) is 0. The van der Waals surface area contributed by atoms with Crippen molar-refractivity contribution in [1.29, 1.82) is 0 Å². The van der Waals surface area contributed by atoms with E-state index in [4.69, 9.17) is 32.3 Å². The number of hydrogen-bond acceptors (Lipinski definition) is 6. The van der Waals surface area contributed by atoms with Crippen molar-refractivity contribution < 1.29 is 19.1 Å². The molecule has 5 aromatic rings. The van der Waals surface area contributed by atoms with Gasteiger partial charge in [0.05, 0.1) is 35.8 Å². The highest BCUT2D eigenvalue weighted by molar-refractivity contribution is 6.55. The highest BCUT2D eigenvalue weighted by Gasteiger charge is 2.35. The van der Waals surface area contributed by atoms with E-state index in [2.05, 4.69) is 11.8 Å². The van der Waals surface area contributed by atoms with Crippen molar-refractivity contribution in [2.75, 3.05) is 23.0 Å². The number of fused-ring (bicyclic) bond motifs is 2. The van der Waals surface area contributed by atoms with Crippen molar-refractivity contribution in [3.8, 4) is 36.2 Å². The zero-order valence-electron chi connectivity index (χ0n) is 27.0. The number of carbonyl (C=O) groups excluding carboxylic acids is 2. The molecule has 0 unspecified atom stereocenters. The van der Waals surface area contributed by atoms with Gasteiger partial charge in [0, 0.05) is 11.1 Å². The van der Waals surface area contributed by atoms with E-state index in [0.29, 0.717) is 47.4 Å². The van der Waals surface area contributed by atoms with Gasteiger partial charge in [0.15, 0.2) is 0 Å². The van der Waals surface area contributed by atoms with Crippen LogP contribution in [-0.2, 0) is 22.7 Å². The summed E-state index contributed by atoms with van der Waals surface area (Å²) in [5.74, 6) is 5.80. The van der Waals surface area contributed by atoms with Crippen LogP contribution in [-0.4, -0.2) is 36.5 Å². The molecule has 2 aliphatic heterocycles. The lowest BCUT2D eigenvalue weighted by Crippen LogP contribution is -2.30. The summed E-state index contributed by atoms with van der Waals surface area (Å²) in [6, 6.07) is 37.5. The predicted molar refractivity (Wildman–Crippen MR) is 196 cm³/mol. The van der Waals surface area contributed by atoms with E-state index < -0.39 is 0 Å². The standard InChI is InChI=1S/C42H30N4O4/c1-3-25-49-33-21-17-31(18-22-33)43-39-35-9-5-7-11-37(35)45(41(39)47)27-29-13-15-30(16-14-29)28-46-38-12-8-6-10-36(38)40(42(46)48)44-32-19-23-34(24-20-32)50-26-4-2/h1-2,5-24H,25-28H2. The van der Waals surface area contributed by atoms with Gasteiger partial charge in [-0.25, -0.2) is 9.98 Å². The number of para-hydroxylation sites is 2. The van der Waals surface area contributed by atoms with Crippen molar-refractivity contribution in [2.24, 2.45) is 9.98 Å². The second kappa shape index (κ2) is 14.1. The minimum Gasteiger partial charge on any atom is -0.481 e. The van der Waals surface area contributed by atoms with Gasteiger partial charge in [0.25, 0.3) is 11.8 Å². The molecule has 0 spiro atoms. The highest BCUT2D eigenvalue weighted by atomic mass is 16.5. The van der Waals surface area contributed by atoms with E-state index in [1.54, 1.807) is 58.3 Å². The fraction of sp³-hybridized carbons (Fsp3) is 0.0952. The molecule has 8 heteroatoms. The van der Waals surface area contributed by atoms with Crippen molar-refractivity contribution in [3.05, 3.63) is 144 Å². The Labute approximate surface area is 290 Å². The van der Waals surface area contributed by atoms with Crippen LogP contribution in [0.1, 0.15) is 22.3 Å². The number of hydrogen-bond donors (Lipinski definition) is 0. The summed E-state index contributed by atoms with van der Waals surface area (Å²) in [6.07, 6.45) is 10.6. The van der Waals surface area contributed by atoms with E-state index in [1.165, 1.54) is 0 Å². The third-order valence-corrected chi connectivity index (χ3v) is 8.30. The lowest BCUT2D eigenvalue weighted by molar-refractivity contribution is -0.113. The van der Waals surface area contributed by atoms with E-state index in [9.17, 15) is 9.59 Å². The zero-order chi connectivity index (χ0) is 34.5. The Balaban J connectivity index is 1.07. The van der Waals surface area contributed by atoms with Crippen LogP contribution in [0.4, 0.5) is 22.7 Å². The van der Waals surface area contributed by atoms with Gasteiger partial charge in [-0.1, -0.05) is 72.5 Å². The largest absolute Gasteiger partial charge is 0.481 e. The number of ether oxygens (including phenoxy) is 2. The molecule has 5 aromatic carbocycles. The minimum absolute atomic E-state index is 0.177. The smallest absolute Gasteiger partial charge is 0.277 e. The van der Waals surface area contributed by atoms with Gasteiger partial charge in [-0.3, -0.25) is 9.59 Å². The van der Waals surface area contributed by atoms with E-state index in [0.717, 1.165) is 33.6 Å². The van der Waals surface area contributed by atoms with Crippen molar-refractivity contribution in [1.82, 2.24) is 0 Å². The molecule has 0 radical (unpaired) electrons. The number of aliphatic imine (C=N–C) groups is 2. The Morgan fingerprint density at radius 1 is 0.520 bits per heavy atom. The van der Waals surface area contributed by atoms with Crippen molar-refractivity contribution in [3.63, 3.8) is 0 Å². The van der Waals surface area contributed by atoms with Gasteiger partial charge >= 0.3 is 0 Å². The zero-order valence-corrected chi connectivity index (χ0v) is 27.0. The SMILES string of the molecule is C#CCOc1ccc(N=C2C(=O)N(Cc3ccc(CN4C(=O)C(=Nc5ccc(OCC#C)cc5)c5ccccc54)cc3)c3ccccc32)cc1. The monoisotopic (exact) mass is 654 g/mol. The summed E-state index contributed by atoms with van der Waals surface area (Å²) in [6.45, 7) is 1.08. The van der Waals surface area contributed by atoms with Crippen LogP contribution in [0.2, 0.25) is 0 Å². The average molecular weight is 655 g/mol. The summed E-state index contributed by atoms with van der Waals surface area (Å²) in [4.78, 5) is 40.4. The average Bonchev–Trinajstić information content (AvgIpc) is 3.56. The van der Waals surface area contributed by atoms with Crippen LogP contribution in [0, 0.1) is 24.7 Å². The molecule has 2 aliphatic rings. The Morgan fingerprint density at radius 3 is 1.28 bits per heavy atom. The number of nitrogens with zero attached hydrogens (tertiary/aromatic N) is 4. The molecule has 50 heavy (non-hydrogen) atoms. The molecule has 0 saturated heterocycles. The first-order chi connectivity index (χ1) is 24.5. The van der Waals surface area contributed by atoms with E-state index >= 15 is 0 Å². The number of carbonyl (C=O) groups is 2. The fourth-order valence-electron chi connectivity index (χ4n) is 5.91. The Kier molecular flexibility index (Phi) is 8.92. The van der Waals surface area contributed by atoms with E-state index in [-0.39, 0.29) is 25.0 Å². The number of terminal acetylenes is 2. The van der Waals surface area contributed by atoms with Crippen molar-refractivity contribution in [2.45, 2.75) is 13.1 Å². The first-order valence-electron chi connectivity index (χ1n) is 15.9. The first-order valence-corrected chi connectivity index (χ1v) is 15.9. The molecule has 0 fully saturated rings. The molecular weight excluding hydrogens is 624 g/mol. The van der Waals surface area contributed by atoms with Crippen LogP contribution in [0.3, 0.4) is 0 Å². The van der Waals surface area contributed by atoms with Crippen molar-refractivity contribution >= 4 is 46.0 Å². The Hall–Kier alpha value is -6.90. The summed E-state index contributed by atoms with van der Waals surface area (Å²) in [5.41, 5.74) is 7.08. The number of rotatable bonds is 10. The molecular formula is C42H30N4O4. The maximum Gasteiger partial charge on any atom is 0.277 e. The Bertz CT molecular complexity index is 2060. The number of benzene rings is 5. The number of amides is 2. The van der Waals surface area contributed by atoms with Crippen LogP contribution in [0.15, 0.2) is 131 Å². The van der Waals surface area contributed by atoms with Gasteiger partial charge < -0.3 is 19.3 Å². The number of anilines is 2. The predicted octanol–water partition coefficient (Wildman–Crippen LogP) is 7.05. The molecule has 242 valence electrons. The Morgan fingerprint density at radius 2 is 0.900 bits per heavy atom. The molecule has 8 nitrogen and oxygen atoms in total. The van der Waals surface area contributed by atoms with Gasteiger partial charge in [-0.2, -0.15) is 0 Å². The molecule has 0 atom stereocenters. The molecule has 7 rings (SSSR count). The second-order valence-corrected chi connectivity index (χ2v) is 11.5. The molecule has 2 heterocycles. The first kappa shape index (κ1) is 31.7. The molecule has 0 saturated carbocycles. The summed E-state index contributed by atoms with van der Waals surface area (Å²) < 4.78 is 10.9. The lowest BCUT2D eigenvalue weighted by Gasteiger charge is -2.19. The lowest BCUT2D eigenvalue weighted by atomic mass is 10.1. The van der Waals surface area contributed by atoms with Crippen LogP contribution in [0.25, 0.3) is 0 Å². The molecule has 2 amide bonds. The second-order valence-electron chi connectivity index (χ2n) is 11.5. The molecule has 0 bridgehead atoms. The van der Waals surface area contributed by atoms with E-state index in [1.807, 2.05) is 72.8 Å². The molecule has 0 N–H and O–H groups in total.